The summed E-state index contributed by atoms with van der Waals surface area (Å²) >= 11 is 0. The van der Waals surface area contributed by atoms with Gasteiger partial charge in [0.1, 0.15) is 0 Å². The van der Waals surface area contributed by atoms with Crippen LogP contribution in [0.3, 0.4) is 0 Å². The molecule has 1 rings (SSSR count). The first kappa shape index (κ1) is 8.05. The molecule has 0 saturated carbocycles. The lowest BCUT2D eigenvalue weighted by Gasteiger charge is -2.06. The second-order valence-electron chi connectivity index (χ2n) is 2.38. The summed E-state index contributed by atoms with van der Waals surface area (Å²) in [6.45, 7) is 2.27. The standard InChI is InChI=1S/C9H12O2/c1-2-11-9(10)8-6-4-3-5-7-8/h3-4,6H,2,5,7H2,1H3. The number of esters is 1. The maximum absolute atomic E-state index is 11.1. The van der Waals surface area contributed by atoms with Crippen molar-refractivity contribution >= 4 is 5.97 Å². The Bertz CT molecular complexity index is 202. The molecular weight excluding hydrogens is 140 g/mol. The molecule has 0 heterocycles. The van der Waals surface area contributed by atoms with Crippen LogP contribution in [-0.4, -0.2) is 12.6 Å². The van der Waals surface area contributed by atoms with Gasteiger partial charge in [0.15, 0.2) is 0 Å². The highest BCUT2D eigenvalue weighted by Gasteiger charge is 2.09. The van der Waals surface area contributed by atoms with Crippen molar-refractivity contribution in [2.45, 2.75) is 19.8 Å². The van der Waals surface area contributed by atoms with Gasteiger partial charge in [0.2, 0.25) is 0 Å². The summed E-state index contributed by atoms with van der Waals surface area (Å²) in [5, 5.41) is 0. The van der Waals surface area contributed by atoms with Crippen molar-refractivity contribution in [1.29, 1.82) is 0 Å². The van der Waals surface area contributed by atoms with Crippen molar-refractivity contribution in [2.24, 2.45) is 0 Å². The molecule has 0 aromatic rings. The van der Waals surface area contributed by atoms with Crippen LogP contribution in [0.25, 0.3) is 0 Å². The maximum Gasteiger partial charge on any atom is 0.333 e. The molecule has 0 bridgehead atoms. The van der Waals surface area contributed by atoms with Crippen LogP contribution >= 0.6 is 0 Å². The molecule has 0 radical (unpaired) electrons. The molecule has 0 aromatic carbocycles. The molecule has 60 valence electrons. The van der Waals surface area contributed by atoms with Crippen LogP contribution in [0.5, 0.6) is 0 Å². The van der Waals surface area contributed by atoms with Crippen LogP contribution < -0.4 is 0 Å². The molecule has 2 nitrogen and oxygen atoms in total. The largest absolute Gasteiger partial charge is 0.463 e. The van der Waals surface area contributed by atoms with E-state index in [1.165, 1.54) is 0 Å². The van der Waals surface area contributed by atoms with E-state index in [0.29, 0.717) is 6.61 Å². The lowest BCUT2D eigenvalue weighted by atomic mass is 10.1. The minimum atomic E-state index is -0.170. The minimum absolute atomic E-state index is 0.170. The Labute approximate surface area is 66.5 Å². The Morgan fingerprint density at radius 1 is 1.73 bits per heavy atom. The molecule has 0 aromatic heterocycles. The Kier molecular flexibility index (Phi) is 2.90. The Balaban J connectivity index is 2.52. The van der Waals surface area contributed by atoms with Gasteiger partial charge in [-0.2, -0.15) is 0 Å². The summed E-state index contributed by atoms with van der Waals surface area (Å²) in [5.41, 5.74) is 0.786. The van der Waals surface area contributed by atoms with Crippen molar-refractivity contribution in [3.8, 4) is 0 Å². The molecule has 1 aliphatic rings. The highest BCUT2D eigenvalue weighted by molar-refractivity contribution is 5.89. The summed E-state index contributed by atoms with van der Waals surface area (Å²) in [6, 6.07) is 0. The Morgan fingerprint density at radius 3 is 3.09 bits per heavy atom. The van der Waals surface area contributed by atoms with Crippen molar-refractivity contribution in [3.05, 3.63) is 23.8 Å². The number of carbonyl (C=O) groups excluding carboxylic acids is 1. The maximum atomic E-state index is 11.1. The van der Waals surface area contributed by atoms with Gasteiger partial charge in [-0.15, -0.1) is 0 Å². The third kappa shape index (κ3) is 2.22. The first-order valence-electron chi connectivity index (χ1n) is 3.87. The molecule has 0 fully saturated rings. The number of hydrogen-bond acceptors (Lipinski definition) is 2. The molecule has 0 N–H and O–H groups in total. The van der Waals surface area contributed by atoms with E-state index in [1.54, 1.807) is 0 Å². The SMILES string of the molecule is CCOC(=O)C1=CC=CCC1. The predicted octanol–water partition coefficient (Wildman–Crippen LogP) is 1.83. The first-order chi connectivity index (χ1) is 5.34. The van der Waals surface area contributed by atoms with Gasteiger partial charge in [0, 0.05) is 5.57 Å². The summed E-state index contributed by atoms with van der Waals surface area (Å²) in [7, 11) is 0. The third-order valence-corrected chi connectivity index (χ3v) is 1.55. The van der Waals surface area contributed by atoms with E-state index in [-0.39, 0.29) is 5.97 Å². The molecule has 0 spiro atoms. The lowest BCUT2D eigenvalue weighted by Crippen LogP contribution is -2.08. The van der Waals surface area contributed by atoms with Crippen LogP contribution in [0.1, 0.15) is 19.8 Å². The van der Waals surface area contributed by atoms with Crippen LogP contribution in [0.15, 0.2) is 23.8 Å². The van der Waals surface area contributed by atoms with Gasteiger partial charge >= 0.3 is 5.97 Å². The topological polar surface area (TPSA) is 26.3 Å². The summed E-state index contributed by atoms with van der Waals surface area (Å²) < 4.78 is 4.84. The fourth-order valence-electron chi connectivity index (χ4n) is 0.996. The fraction of sp³-hybridized carbons (Fsp3) is 0.444. The van der Waals surface area contributed by atoms with Crippen molar-refractivity contribution < 1.29 is 9.53 Å². The third-order valence-electron chi connectivity index (χ3n) is 1.55. The van der Waals surface area contributed by atoms with Crippen molar-refractivity contribution in [2.75, 3.05) is 6.61 Å². The molecule has 0 unspecified atom stereocenters. The van der Waals surface area contributed by atoms with E-state index in [2.05, 4.69) is 0 Å². The molecule has 0 aliphatic heterocycles. The van der Waals surface area contributed by atoms with Crippen LogP contribution in [0, 0.1) is 0 Å². The van der Waals surface area contributed by atoms with E-state index >= 15 is 0 Å². The van der Waals surface area contributed by atoms with Gasteiger partial charge in [-0.25, -0.2) is 4.79 Å². The van der Waals surface area contributed by atoms with E-state index in [4.69, 9.17) is 4.74 Å². The van der Waals surface area contributed by atoms with Gasteiger partial charge in [0.25, 0.3) is 0 Å². The van der Waals surface area contributed by atoms with E-state index in [9.17, 15) is 4.79 Å². The second-order valence-corrected chi connectivity index (χ2v) is 2.38. The highest BCUT2D eigenvalue weighted by atomic mass is 16.5. The summed E-state index contributed by atoms with van der Waals surface area (Å²) in [4.78, 5) is 11.1. The van der Waals surface area contributed by atoms with Gasteiger partial charge < -0.3 is 4.74 Å². The zero-order valence-corrected chi connectivity index (χ0v) is 6.67. The fourth-order valence-corrected chi connectivity index (χ4v) is 0.996. The molecule has 0 atom stereocenters. The number of allylic oxidation sites excluding steroid dienone is 3. The monoisotopic (exact) mass is 152 g/mol. The zero-order chi connectivity index (χ0) is 8.10. The van der Waals surface area contributed by atoms with Gasteiger partial charge in [-0.1, -0.05) is 18.2 Å². The first-order valence-corrected chi connectivity index (χ1v) is 3.87. The van der Waals surface area contributed by atoms with E-state index in [1.807, 2.05) is 25.2 Å². The zero-order valence-electron chi connectivity index (χ0n) is 6.67. The number of rotatable bonds is 2. The van der Waals surface area contributed by atoms with Gasteiger partial charge in [-0.3, -0.25) is 0 Å². The number of ether oxygens (including phenoxy) is 1. The summed E-state index contributed by atoms with van der Waals surface area (Å²) in [5.74, 6) is -0.170. The van der Waals surface area contributed by atoms with Gasteiger partial charge in [0.05, 0.1) is 6.61 Å². The van der Waals surface area contributed by atoms with Crippen LogP contribution in [-0.2, 0) is 9.53 Å². The lowest BCUT2D eigenvalue weighted by molar-refractivity contribution is -0.138. The molecule has 0 saturated heterocycles. The molecule has 2 heteroatoms. The van der Waals surface area contributed by atoms with E-state index in [0.717, 1.165) is 18.4 Å². The smallest absolute Gasteiger partial charge is 0.333 e. The molecule has 1 aliphatic carbocycles. The average Bonchev–Trinajstić information content (AvgIpc) is 2.07. The number of carbonyl (C=O) groups is 1. The Hall–Kier alpha value is -1.05. The predicted molar refractivity (Wildman–Crippen MR) is 43.1 cm³/mol. The van der Waals surface area contributed by atoms with Crippen molar-refractivity contribution in [1.82, 2.24) is 0 Å². The Morgan fingerprint density at radius 2 is 2.55 bits per heavy atom. The van der Waals surface area contributed by atoms with Crippen LogP contribution in [0.2, 0.25) is 0 Å². The normalized spacial score (nSPS) is 15.9. The second kappa shape index (κ2) is 3.96. The average molecular weight is 152 g/mol. The highest BCUT2D eigenvalue weighted by Crippen LogP contribution is 2.12. The van der Waals surface area contributed by atoms with Crippen molar-refractivity contribution in [3.63, 3.8) is 0 Å². The number of hydrogen-bond donors (Lipinski definition) is 0. The summed E-state index contributed by atoms with van der Waals surface area (Å²) in [6.07, 6.45) is 7.53. The van der Waals surface area contributed by atoms with E-state index < -0.39 is 0 Å². The van der Waals surface area contributed by atoms with Gasteiger partial charge in [-0.05, 0) is 19.8 Å². The quantitative estimate of drug-likeness (QED) is 0.564. The minimum Gasteiger partial charge on any atom is -0.463 e. The van der Waals surface area contributed by atoms with Crippen LogP contribution in [0.4, 0.5) is 0 Å². The molecule has 11 heavy (non-hydrogen) atoms. The molecular formula is C9H12O2. The molecule has 0 amide bonds.